The van der Waals surface area contributed by atoms with Crippen LogP contribution in [0.3, 0.4) is 0 Å². The molecule has 13 aromatic rings. The minimum absolute atomic E-state index is 0.0185. The van der Waals surface area contributed by atoms with Crippen molar-refractivity contribution >= 4 is 78.9 Å². The van der Waals surface area contributed by atoms with E-state index in [4.69, 9.17) is 35.7 Å². The van der Waals surface area contributed by atoms with Crippen molar-refractivity contribution in [2.75, 3.05) is 13.1 Å². The molecule has 10 aliphatic rings. The Kier molecular flexibility index (Phi) is 66.1. The van der Waals surface area contributed by atoms with Crippen molar-refractivity contribution < 1.29 is 69.3 Å². The second-order valence-electron chi connectivity index (χ2n) is 23.3. The van der Waals surface area contributed by atoms with Crippen LogP contribution in [0.4, 0.5) is 0 Å². The van der Waals surface area contributed by atoms with Crippen LogP contribution in [0, 0.1) is 0 Å². The summed E-state index contributed by atoms with van der Waals surface area (Å²) in [7, 11) is 0. The third-order valence-corrected chi connectivity index (χ3v) is 12.5. The Hall–Kier alpha value is -21.0. The van der Waals surface area contributed by atoms with Gasteiger partial charge in [-0.3, -0.25) is 82.7 Å². The van der Waals surface area contributed by atoms with Crippen LogP contribution in [-0.2, 0) is 33.6 Å². The Balaban J connectivity index is 0.000000727. The van der Waals surface area contributed by atoms with E-state index in [1.165, 1.54) is 87.2 Å². The van der Waals surface area contributed by atoms with Crippen molar-refractivity contribution in [3.05, 3.63) is 309 Å². The number of amides is 7. The molecule has 36 N–H and O–H groups in total. The van der Waals surface area contributed by atoms with Gasteiger partial charge in [0.15, 0.2) is 11.8 Å². The maximum Gasteiger partial charge on any atom is 0.340 e. The molecule has 13 aromatic heterocycles. The third kappa shape index (κ3) is 77.8. The number of carbonyl (C=O) groups excluding carboxylic acids is 7. The highest BCUT2D eigenvalue weighted by Crippen LogP contribution is 2.01. The second-order valence-corrected chi connectivity index (χ2v) is 23.3. The summed E-state index contributed by atoms with van der Waals surface area (Å²) in [5.41, 5.74) is 7.68. The molecule has 1 unspecified atom stereocenters. The van der Waals surface area contributed by atoms with Crippen molar-refractivity contribution in [3.8, 4) is 23.5 Å². The van der Waals surface area contributed by atoms with Crippen molar-refractivity contribution in [1.29, 1.82) is 0 Å². The van der Waals surface area contributed by atoms with Gasteiger partial charge in [-0.05, 0) is 48.9 Å². The highest BCUT2D eigenvalue weighted by Gasteiger charge is 2.04. The van der Waals surface area contributed by atoms with Crippen LogP contribution < -0.4 is 93.5 Å². The lowest BCUT2D eigenvalue weighted by atomic mass is 10.4. The number of hydrazine groups is 1. The Morgan fingerprint density at radius 3 is 0.971 bits per heavy atom. The van der Waals surface area contributed by atoms with E-state index < -0.39 is 6.35 Å². The molecule has 0 spiro atoms. The van der Waals surface area contributed by atoms with E-state index in [-0.39, 0.29) is 134 Å². The van der Waals surface area contributed by atoms with Gasteiger partial charge < -0.3 is 113 Å². The van der Waals surface area contributed by atoms with Crippen LogP contribution in [0.1, 0.15) is 51.4 Å². The first-order valence-electron chi connectivity index (χ1n) is 38.4. The quantitative estimate of drug-likeness (QED) is 0.0678. The average Bonchev–Trinajstić information content (AvgIpc) is 1.90. The second kappa shape index (κ2) is 79.2. The van der Waals surface area contributed by atoms with Gasteiger partial charge in [0.2, 0.25) is 65.3 Å². The van der Waals surface area contributed by atoms with E-state index in [1.807, 2.05) is 0 Å². The Bertz CT molecular complexity index is 5240. The smallest absolute Gasteiger partial charge is 0.340 e. The number of hydrogen-bond acceptors (Lipinski definition) is 39. The lowest BCUT2D eigenvalue weighted by molar-refractivity contribution is -0.119. The molecule has 67 nitrogen and oxygen atoms in total. The number of H-pyrrole nitrogens is 21. The molecule has 0 fully saturated rings. The average molecular weight is 1950 g/mol. The summed E-state index contributed by atoms with van der Waals surface area (Å²) in [5.74, 6) is 1.08. The van der Waals surface area contributed by atoms with Gasteiger partial charge in [-0.1, -0.05) is 23.5 Å². The molecule has 1 atom stereocenters. The van der Waals surface area contributed by atoms with Gasteiger partial charge in [0, 0.05) is 156 Å². The van der Waals surface area contributed by atoms with E-state index in [9.17, 15) is 76.7 Å². The number of aromatic hydroxyl groups is 4. The number of aliphatic imine (C=N–C) groups is 5. The van der Waals surface area contributed by atoms with Gasteiger partial charge in [0.1, 0.15) is 44.5 Å². The molecule has 7 amide bonds. The molecule has 0 bridgehead atoms. The van der Waals surface area contributed by atoms with Crippen molar-refractivity contribution in [1.82, 2.24) is 185 Å². The summed E-state index contributed by atoms with van der Waals surface area (Å²) in [5, 5.41) is 120. The highest BCUT2D eigenvalue weighted by molar-refractivity contribution is 5.94. The SMILES string of the molecule is O=C1CC=CN1.O=C1CC=CN1.O=C1CC=CN1.O=C1CC=NN1.O=C1CCC=N1.O=C1CN=CN1.O=C1CN=NN1.O=c1[nH]cc[nH]1.O=c1[nH]cc[nH]1.O=c1[nH]cn[nH]1.O=c1[nH]cn[nH]1.O=c1cc[nH][nH]1.O=c1cc[nH][nH]1.O=c1cccn[nH]1.O=c1cn[nH][nH]1.O=c1cn[nH][nH]1.OC1=CCC=N1.OC1=CCC=N1.OC1N=CNN1.Oc1ccc[nH]1.Oc1ccc[nH]1.Oc1cnc[nH]1.Oc1cnc[nH]1. The number of aliphatic hydroxyl groups excluding tert-OH is 3. The zero-order chi connectivity index (χ0) is 102. The monoisotopic (exact) mass is 1940 g/mol. The summed E-state index contributed by atoms with van der Waals surface area (Å²) in [4.78, 5) is 209. The fourth-order valence-corrected chi connectivity index (χ4v) is 6.73. The van der Waals surface area contributed by atoms with Crippen LogP contribution in [0.25, 0.3) is 0 Å². The van der Waals surface area contributed by atoms with Gasteiger partial charge in [0.05, 0.1) is 37.8 Å². The van der Waals surface area contributed by atoms with E-state index in [2.05, 4.69) is 225 Å². The van der Waals surface area contributed by atoms with Gasteiger partial charge in [-0.15, -0.1) is 0 Å². The lowest BCUT2D eigenvalue weighted by Crippen LogP contribution is -2.30. The number of nitrogens with zero attached hydrogens (tertiary/aromatic N) is 15. The molecular formula is C72H96N44O23. The number of rotatable bonds is 0. The van der Waals surface area contributed by atoms with Crippen molar-refractivity contribution in [2.45, 2.75) is 57.7 Å². The number of imidazole rings is 4. The van der Waals surface area contributed by atoms with E-state index in [0.717, 1.165) is 19.3 Å². The van der Waals surface area contributed by atoms with E-state index in [0.29, 0.717) is 38.6 Å². The normalized spacial score (nSPS) is 13.4. The van der Waals surface area contributed by atoms with E-state index in [1.54, 1.807) is 154 Å². The standard InChI is InChI=1S/C4H4N2O.8C4H5NO.8C3H4N2O.C2H5N3O.5C2H3N3O/c7-4-2-1-3-5-6-4;8*6-4-2-1-3-5-4;3*6-3-1-4-2-5-3;2*6-3-4-1-2-5-3;3*6-3-1-2-4-5-3;3*6-2-3-1-4-5-2;3*6-2-1-3-5-4-2/h1-3H,(H,6,7);3H,1-2H2;2*2-3,6H,1H2;3*1,3H,2H2,(H,5,6);2*1-3,5-6H;2H,1H2,(H,4,5,6);2*1-2,6H,(H,4,5);2*1-2H,(H2,4,5,6);2H,1H2,(H,5,6);2*1-2H,(H2,4,5,6);1-2,5-6H,(H,3,4);2*1H,(H2,3,4,5,6);1H2,(H,3,4,6);2*1H,(H2,3,4,5,6). The molecule has 67 heteroatoms. The Morgan fingerprint density at radius 1 is 0.367 bits per heavy atom. The number of hydrazone groups is 1. The molecule has 139 heavy (non-hydrogen) atoms. The van der Waals surface area contributed by atoms with Crippen LogP contribution in [0.5, 0.6) is 23.5 Å². The molecule has 10 aliphatic heterocycles. The van der Waals surface area contributed by atoms with Crippen LogP contribution in [-0.4, -0.2) is 276 Å². The molecule has 742 valence electrons. The zero-order valence-electron chi connectivity index (χ0n) is 72.0. The van der Waals surface area contributed by atoms with Gasteiger partial charge in [-0.25, -0.2) is 95.9 Å². The third-order valence-electron chi connectivity index (χ3n) is 12.5. The van der Waals surface area contributed by atoms with E-state index >= 15 is 0 Å². The summed E-state index contributed by atoms with van der Waals surface area (Å²) < 4.78 is 0. The summed E-state index contributed by atoms with van der Waals surface area (Å²) >= 11 is 0. The largest absolute Gasteiger partial charge is 0.495 e. The number of aliphatic hydroxyl groups is 3. The molecule has 23 rings (SSSR count). The van der Waals surface area contributed by atoms with Crippen molar-refractivity contribution in [2.24, 2.45) is 40.4 Å². The topological polar surface area (TPSA) is 1030 Å². The fraction of sp³-hybridized carbons (Fsp3) is 0.153. The predicted octanol–water partition coefficient (Wildman–Crippen LogP) is -4.68. The van der Waals surface area contributed by atoms with Gasteiger partial charge in [0.25, 0.3) is 33.7 Å². The predicted molar refractivity (Wildman–Crippen MR) is 490 cm³/mol. The molecule has 0 aliphatic carbocycles. The molecule has 23 heterocycles. The lowest BCUT2D eigenvalue weighted by Gasteiger charge is -1.92. The first-order chi connectivity index (χ1) is 67.1. The highest BCUT2D eigenvalue weighted by atomic mass is 16.3. The molecule has 0 saturated heterocycles. The van der Waals surface area contributed by atoms with Gasteiger partial charge >= 0.3 is 22.8 Å². The Morgan fingerprint density at radius 2 is 0.863 bits per heavy atom. The maximum absolute atomic E-state index is 10.2. The first-order valence-corrected chi connectivity index (χ1v) is 38.4. The summed E-state index contributed by atoms with van der Waals surface area (Å²) in [6, 6.07) is 12.5. The fourth-order valence-electron chi connectivity index (χ4n) is 6.73. The summed E-state index contributed by atoms with van der Waals surface area (Å²) in [6.45, 7) is 0.500. The number of carbonyl (C=O) groups is 7. The Labute approximate surface area is 773 Å². The zero-order valence-corrected chi connectivity index (χ0v) is 72.0. The maximum atomic E-state index is 10.2. The van der Waals surface area contributed by atoms with Gasteiger partial charge in [-0.2, -0.15) is 41.1 Å². The minimum atomic E-state index is -0.745. The minimum Gasteiger partial charge on any atom is -0.495 e. The molecular weight excluding hydrogens is 1850 g/mol. The molecule has 0 aromatic carbocycles. The first kappa shape index (κ1) is 116. The number of hydrogen-bond donors (Lipinski definition) is 36. The van der Waals surface area contributed by atoms with Crippen LogP contribution in [0.15, 0.2) is 299 Å². The summed E-state index contributed by atoms with van der Waals surface area (Å²) in [6.07, 6.45) is 51.9. The molecule has 0 radical (unpaired) electrons. The number of aromatic amines is 21. The number of nitrogens with one attached hydrogen (secondary N) is 29. The number of allylic oxidation sites excluding steroid dienone is 2. The van der Waals surface area contributed by atoms with Crippen molar-refractivity contribution in [3.63, 3.8) is 0 Å². The number of aromatic nitrogens is 28. The van der Waals surface area contributed by atoms with Crippen LogP contribution >= 0.6 is 0 Å². The van der Waals surface area contributed by atoms with Crippen LogP contribution in [0.2, 0.25) is 0 Å². The molecule has 0 saturated carbocycles.